The van der Waals surface area contributed by atoms with Gasteiger partial charge in [-0.25, -0.2) is 15.0 Å². The van der Waals surface area contributed by atoms with Crippen molar-refractivity contribution < 1.29 is 13.9 Å². The summed E-state index contributed by atoms with van der Waals surface area (Å²) in [6, 6.07) is 1.71. The molecular formula is C14H19N5O3. The van der Waals surface area contributed by atoms with Crippen LogP contribution in [-0.2, 0) is 0 Å². The molecule has 0 saturated carbocycles. The van der Waals surface area contributed by atoms with Crippen LogP contribution in [0, 0.1) is 13.8 Å². The summed E-state index contributed by atoms with van der Waals surface area (Å²) in [6.45, 7) is 4.62. The average molecular weight is 305 g/mol. The van der Waals surface area contributed by atoms with E-state index in [0.717, 1.165) is 6.42 Å². The second-order valence-electron chi connectivity index (χ2n) is 4.62. The molecule has 0 bridgehead atoms. The Labute approximate surface area is 128 Å². The summed E-state index contributed by atoms with van der Waals surface area (Å²) >= 11 is 0. The van der Waals surface area contributed by atoms with E-state index < -0.39 is 0 Å². The lowest BCUT2D eigenvalue weighted by Gasteiger charge is -2.07. The molecule has 0 aliphatic rings. The van der Waals surface area contributed by atoms with E-state index in [0.29, 0.717) is 42.1 Å². The highest BCUT2D eigenvalue weighted by atomic mass is 16.5. The number of ether oxygens (including phenoxy) is 1. The van der Waals surface area contributed by atoms with E-state index in [1.807, 2.05) is 0 Å². The molecule has 2 rings (SSSR count). The lowest BCUT2D eigenvalue weighted by molar-refractivity contribution is 0.0947. The van der Waals surface area contributed by atoms with Gasteiger partial charge < -0.3 is 19.8 Å². The Bertz CT molecular complexity index is 641. The molecule has 0 aromatic carbocycles. The van der Waals surface area contributed by atoms with Crippen LogP contribution in [0.5, 0.6) is 5.88 Å². The summed E-state index contributed by atoms with van der Waals surface area (Å²) in [6.07, 6.45) is 2.17. The second-order valence-corrected chi connectivity index (χ2v) is 4.62. The van der Waals surface area contributed by atoms with Gasteiger partial charge in [0.05, 0.1) is 7.11 Å². The average Bonchev–Trinajstić information content (AvgIpc) is 2.85. The van der Waals surface area contributed by atoms with Crippen LogP contribution in [0.4, 0.5) is 5.82 Å². The van der Waals surface area contributed by atoms with E-state index in [4.69, 9.17) is 9.15 Å². The minimum Gasteiger partial charge on any atom is -0.481 e. The van der Waals surface area contributed by atoms with Crippen molar-refractivity contribution >= 4 is 11.7 Å². The Morgan fingerprint density at radius 3 is 2.82 bits per heavy atom. The summed E-state index contributed by atoms with van der Waals surface area (Å²) in [5.74, 6) is 1.98. The van der Waals surface area contributed by atoms with Gasteiger partial charge in [-0.05, 0) is 13.3 Å². The summed E-state index contributed by atoms with van der Waals surface area (Å²) < 4.78 is 10.2. The van der Waals surface area contributed by atoms with Crippen LogP contribution in [0.1, 0.15) is 28.6 Å². The van der Waals surface area contributed by atoms with Gasteiger partial charge in [0.25, 0.3) is 5.91 Å². The van der Waals surface area contributed by atoms with Crippen molar-refractivity contribution in [1.29, 1.82) is 0 Å². The molecule has 1 amide bonds. The molecule has 0 spiro atoms. The zero-order valence-corrected chi connectivity index (χ0v) is 12.8. The maximum Gasteiger partial charge on any atom is 0.273 e. The Kier molecular flexibility index (Phi) is 5.29. The van der Waals surface area contributed by atoms with Gasteiger partial charge in [-0.15, -0.1) is 0 Å². The molecule has 2 aromatic rings. The van der Waals surface area contributed by atoms with Crippen LogP contribution in [0.15, 0.2) is 16.8 Å². The molecule has 118 valence electrons. The first-order valence-electron chi connectivity index (χ1n) is 6.92. The van der Waals surface area contributed by atoms with Crippen molar-refractivity contribution in [3.05, 3.63) is 29.7 Å². The van der Waals surface area contributed by atoms with Crippen LogP contribution < -0.4 is 15.4 Å². The number of carbonyl (C=O) groups is 1. The minimum atomic E-state index is -0.224. The van der Waals surface area contributed by atoms with Gasteiger partial charge in [0, 0.05) is 26.1 Å². The summed E-state index contributed by atoms with van der Waals surface area (Å²) in [4.78, 5) is 23.9. The Hall–Kier alpha value is -2.64. The number of methoxy groups -OCH3 is 1. The number of hydrogen-bond acceptors (Lipinski definition) is 7. The van der Waals surface area contributed by atoms with Crippen molar-refractivity contribution in [2.75, 3.05) is 25.5 Å². The van der Waals surface area contributed by atoms with Gasteiger partial charge in [0.15, 0.2) is 11.6 Å². The Morgan fingerprint density at radius 2 is 2.14 bits per heavy atom. The fourth-order valence-electron chi connectivity index (χ4n) is 1.88. The molecule has 0 unspecified atom stereocenters. The largest absolute Gasteiger partial charge is 0.481 e. The van der Waals surface area contributed by atoms with Gasteiger partial charge >= 0.3 is 0 Å². The number of aryl methyl sites for hydroxylation is 2. The SMILES string of the molecule is COc1cc(NCCCNC(=O)c2nc(C)oc2C)ncn1. The highest BCUT2D eigenvalue weighted by molar-refractivity contribution is 5.93. The van der Waals surface area contributed by atoms with E-state index >= 15 is 0 Å². The topological polar surface area (TPSA) is 102 Å². The van der Waals surface area contributed by atoms with Gasteiger partial charge in [0.2, 0.25) is 5.88 Å². The fourth-order valence-corrected chi connectivity index (χ4v) is 1.88. The van der Waals surface area contributed by atoms with E-state index in [9.17, 15) is 4.79 Å². The number of nitrogens with zero attached hydrogens (tertiary/aromatic N) is 3. The summed E-state index contributed by atoms with van der Waals surface area (Å²) in [7, 11) is 1.55. The zero-order chi connectivity index (χ0) is 15.9. The maximum absolute atomic E-state index is 11.9. The third kappa shape index (κ3) is 4.18. The predicted octanol–water partition coefficient (Wildman–Crippen LogP) is 1.32. The first-order chi connectivity index (χ1) is 10.6. The molecule has 0 aliphatic carbocycles. The monoisotopic (exact) mass is 305 g/mol. The molecule has 2 heterocycles. The molecular weight excluding hydrogens is 286 g/mol. The minimum absolute atomic E-state index is 0.224. The van der Waals surface area contributed by atoms with Gasteiger partial charge in [-0.3, -0.25) is 4.79 Å². The number of aromatic nitrogens is 3. The third-order valence-electron chi connectivity index (χ3n) is 2.91. The van der Waals surface area contributed by atoms with Crippen LogP contribution >= 0.6 is 0 Å². The molecule has 0 aliphatic heterocycles. The molecule has 8 heteroatoms. The zero-order valence-electron chi connectivity index (χ0n) is 12.8. The van der Waals surface area contributed by atoms with Crippen LogP contribution in [0.25, 0.3) is 0 Å². The van der Waals surface area contributed by atoms with Crippen LogP contribution in [0.3, 0.4) is 0 Å². The highest BCUT2D eigenvalue weighted by Gasteiger charge is 2.14. The standard InChI is InChI=1S/C14H19N5O3/c1-9-13(19-10(2)22-9)14(20)16-6-4-5-15-11-7-12(21-3)18-8-17-11/h7-8H,4-6H2,1-3H3,(H,16,20)(H,15,17,18). The number of amides is 1. The number of anilines is 1. The second kappa shape index (κ2) is 7.39. The van der Waals surface area contributed by atoms with Crippen molar-refractivity contribution in [1.82, 2.24) is 20.3 Å². The number of carbonyl (C=O) groups excluding carboxylic acids is 1. The van der Waals surface area contributed by atoms with Crippen molar-refractivity contribution in [3.8, 4) is 5.88 Å². The Balaban J connectivity index is 1.71. The third-order valence-corrected chi connectivity index (χ3v) is 2.91. The molecule has 0 fully saturated rings. The lowest BCUT2D eigenvalue weighted by atomic mass is 10.3. The molecule has 22 heavy (non-hydrogen) atoms. The van der Waals surface area contributed by atoms with E-state index in [1.54, 1.807) is 27.0 Å². The number of hydrogen-bond donors (Lipinski definition) is 2. The molecule has 0 atom stereocenters. The predicted molar refractivity (Wildman–Crippen MR) is 80.0 cm³/mol. The first-order valence-corrected chi connectivity index (χ1v) is 6.92. The quantitative estimate of drug-likeness (QED) is 0.744. The van der Waals surface area contributed by atoms with Crippen molar-refractivity contribution in [2.45, 2.75) is 20.3 Å². The maximum atomic E-state index is 11.9. The normalized spacial score (nSPS) is 10.3. The van der Waals surface area contributed by atoms with Crippen LogP contribution in [-0.4, -0.2) is 41.1 Å². The Morgan fingerprint density at radius 1 is 1.32 bits per heavy atom. The van der Waals surface area contributed by atoms with E-state index in [2.05, 4.69) is 25.6 Å². The molecule has 2 N–H and O–H groups in total. The lowest BCUT2D eigenvalue weighted by Crippen LogP contribution is -2.26. The summed E-state index contributed by atoms with van der Waals surface area (Å²) in [5, 5.41) is 5.93. The van der Waals surface area contributed by atoms with Gasteiger partial charge in [0.1, 0.15) is 17.9 Å². The van der Waals surface area contributed by atoms with Gasteiger partial charge in [-0.1, -0.05) is 0 Å². The number of oxazole rings is 1. The smallest absolute Gasteiger partial charge is 0.273 e. The first kappa shape index (κ1) is 15.7. The fraction of sp³-hybridized carbons (Fsp3) is 0.429. The molecule has 8 nitrogen and oxygen atoms in total. The van der Waals surface area contributed by atoms with Crippen molar-refractivity contribution in [3.63, 3.8) is 0 Å². The van der Waals surface area contributed by atoms with E-state index in [1.165, 1.54) is 6.33 Å². The van der Waals surface area contributed by atoms with Gasteiger partial charge in [-0.2, -0.15) is 0 Å². The summed E-state index contributed by atoms with van der Waals surface area (Å²) in [5.41, 5.74) is 0.339. The molecule has 2 aromatic heterocycles. The van der Waals surface area contributed by atoms with Crippen molar-refractivity contribution in [2.24, 2.45) is 0 Å². The highest BCUT2D eigenvalue weighted by Crippen LogP contribution is 2.10. The number of nitrogens with one attached hydrogen (secondary N) is 2. The molecule has 0 radical (unpaired) electrons. The van der Waals surface area contributed by atoms with Crippen LogP contribution in [0.2, 0.25) is 0 Å². The van der Waals surface area contributed by atoms with E-state index in [-0.39, 0.29) is 5.91 Å². The number of rotatable bonds is 7. The molecule has 0 saturated heterocycles.